The molecule has 1 aromatic carbocycles. The summed E-state index contributed by atoms with van der Waals surface area (Å²) in [7, 11) is 1.95. The summed E-state index contributed by atoms with van der Waals surface area (Å²) >= 11 is 0. The molecule has 4 nitrogen and oxygen atoms in total. The van der Waals surface area contributed by atoms with Gasteiger partial charge in [0.05, 0.1) is 25.5 Å². The Labute approximate surface area is 109 Å². The number of ether oxygens (including phenoxy) is 2. The molecule has 1 saturated heterocycles. The van der Waals surface area contributed by atoms with Crippen LogP contribution in [-0.2, 0) is 11.3 Å². The highest BCUT2D eigenvalue weighted by molar-refractivity contribution is 5.60. The van der Waals surface area contributed by atoms with Gasteiger partial charge in [-0.25, -0.2) is 0 Å². The quantitative estimate of drug-likeness (QED) is 0.861. The molecule has 1 heterocycles. The Morgan fingerprint density at radius 1 is 1.33 bits per heavy atom. The van der Waals surface area contributed by atoms with Gasteiger partial charge in [-0.3, -0.25) is 0 Å². The normalized spacial score (nSPS) is 15.8. The van der Waals surface area contributed by atoms with E-state index in [0.717, 1.165) is 38.6 Å². The van der Waals surface area contributed by atoms with Gasteiger partial charge >= 0.3 is 0 Å². The molecule has 100 valence electrons. The van der Waals surface area contributed by atoms with E-state index in [4.69, 9.17) is 9.47 Å². The molecule has 1 aromatic rings. The highest BCUT2D eigenvalue weighted by Gasteiger charge is 2.15. The minimum absolute atomic E-state index is 0.695. The molecular formula is C14H22N2O2. The largest absolute Gasteiger partial charge is 0.492 e. The summed E-state index contributed by atoms with van der Waals surface area (Å²) in [5.41, 5.74) is 2.43. The molecule has 0 atom stereocenters. The van der Waals surface area contributed by atoms with Crippen LogP contribution in [0.15, 0.2) is 18.2 Å². The van der Waals surface area contributed by atoms with Crippen LogP contribution in [0.2, 0.25) is 0 Å². The van der Waals surface area contributed by atoms with E-state index in [9.17, 15) is 0 Å². The van der Waals surface area contributed by atoms with Crippen molar-refractivity contribution in [3.8, 4) is 5.75 Å². The Balaban J connectivity index is 2.21. The molecule has 4 heteroatoms. The van der Waals surface area contributed by atoms with Gasteiger partial charge in [-0.05, 0) is 31.7 Å². The molecule has 2 rings (SSSR count). The van der Waals surface area contributed by atoms with Gasteiger partial charge in [0.1, 0.15) is 5.75 Å². The lowest BCUT2D eigenvalue weighted by Gasteiger charge is -2.30. The number of hydrogen-bond acceptors (Lipinski definition) is 4. The van der Waals surface area contributed by atoms with E-state index in [0.29, 0.717) is 6.61 Å². The van der Waals surface area contributed by atoms with E-state index in [2.05, 4.69) is 28.4 Å². The summed E-state index contributed by atoms with van der Waals surface area (Å²) in [4.78, 5) is 2.33. The van der Waals surface area contributed by atoms with Gasteiger partial charge in [0.15, 0.2) is 0 Å². The van der Waals surface area contributed by atoms with E-state index in [1.54, 1.807) is 0 Å². The lowest BCUT2D eigenvalue weighted by molar-refractivity contribution is 0.122. The maximum Gasteiger partial charge on any atom is 0.142 e. The van der Waals surface area contributed by atoms with Gasteiger partial charge in [-0.15, -0.1) is 0 Å². The van der Waals surface area contributed by atoms with Gasteiger partial charge in [0.25, 0.3) is 0 Å². The minimum atomic E-state index is 0.695. The Bertz CT molecular complexity index is 376. The molecule has 18 heavy (non-hydrogen) atoms. The van der Waals surface area contributed by atoms with Crippen LogP contribution in [0, 0.1) is 0 Å². The first-order valence-electron chi connectivity index (χ1n) is 6.58. The molecule has 0 aromatic heterocycles. The van der Waals surface area contributed by atoms with Gasteiger partial charge in [0, 0.05) is 19.6 Å². The summed E-state index contributed by atoms with van der Waals surface area (Å²) in [5.74, 6) is 0.979. The Morgan fingerprint density at radius 2 is 2.11 bits per heavy atom. The molecule has 0 saturated carbocycles. The Hall–Kier alpha value is -1.26. The average Bonchev–Trinajstić information content (AvgIpc) is 2.41. The third-order valence-corrected chi connectivity index (χ3v) is 3.06. The van der Waals surface area contributed by atoms with Crippen LogP contribution in [0.5, 0.6) is 5.75 Å². The highest BCUT2D eigenvalue weighted by Crippen LogP contribution is 2.30. The van der Waals surface area contributed by atoms with E-state index >= 15 is 0 Å². The molecule has 1 aliphatic rings. The van der Waals surface area contributed by atoms with Crippen LogP contribution in [-0.4, -0.2) is 40.0 Å². The lowest BCUT2D eigenvalue weighted by Crippen LogP contribution is -2.36. The monoisotopic (exact) mass is 250 g/mol. The SMILES string of the molecule is CCOc1cc(CNC)ccc1N1CCOCC1. The van der Waals surface area contributed by atoms with Crippen LogP contribution in [0.1, 0.15) is 12.5 Å². The van der Waals surface area contributed by atoms with Crippen molar-refractivity contribution >= 4 is 5.69 Å². The van der Waals surface area contributed by atoms with Crippen molar-refractivity contribution < 1.29 is 9.47 Å². The van der Waals surface area contributed by atoms with Gasteiger partial charge < -0.3 is 19.7 Å². The predicted octanol–water partition coefficient (Wildman–Crippen LogP) is 1.64. The molecule has 1 fully saturated rings. The molecule has 0 unspecified atom stereocenters. The molecular weight excluding hydrogens is 228 g/mol. The van der Waals surface area contributed by atoms with Gasteiger partial charge in [0.2, 0.25) is 0 Å². The third kappa shape index (κ3) is 3.15. The number of benzene rings is 1. The molecule has 0 spiro atoms. The van der Waals surface area contributed by atoms with Crippen LogP contribution < -0.4 is 15.0 Å². The smallest absolute Gasteiger partial charge is 0.142 e. The average molecular weight is 250 g/mol. The lowest BCUT2D eigenvalue weighted by atomic mass is 10.1. The third-order valence-electron chi connectivity index (χ3n) is 3.06. The molecule has 0 radical (unpaired) electrons. The number of morpholine rings is 1. The molecule has 0 amide bonds. The van der Waals surface area contributed by atoms with Crippen molar-refractivity contribution in [3.05, 3.63) is 23.8 Å². The van der Waals surface area contributed by atoms with Crippen LogP contribution in [0.3, 0.4) is 0 Å². The van der Waals surface area contributed by atoms with E-state index in [1.807, 2.05) is 14.0 Å². The maximum absolute atomic E-state index is 5.77. The predicted molar refractivity (Wildman–Crippen MR) is 73.4 cm³/mol. The van der Waals surface area contributed by atoms with E-state index in [-0.39, 0.29) is 0 Å². The fourth-order valence-corrected chi connectivity index (χ4v) is 2.21. The van der Waals surface area contributed by atoms with Gasteiger partial charge in [-0.2, -0.15) is 0 Å². The minimum Gasteiger partial charge on any atom is -0.492 e. The maximum atomic E-state index is 5.77. The van der Waals surface area contributed by atoms with Crippen molar-refractivity contribution in [2.75, 3.05) is 44.9 Å². The van der Waals surface area contributed by atoms with Crippen molar-refractivity contribution in [3.63, 3.8) is 0 Å². The number of anilines is 1. The fraction of sp³-hybridized carbons (Fsp3) is 0.571. The standard InChI is InChI=1S/C14H22N2O2/c1-3-18-14-10-12(11-15-2)4-5-13(14)16-6-8-17-9-7-16/h4-5,10,15H,3,6-9,11H2,1-2H3. The zero-order chi connectivity index (χ0) is 12.8. The van der Waals surface area contributed by atoms with Crippen molar-refractivity contribution in [2.45, 2.75) is 13.5 Å². The summed E-state index contributed by atoms with van der Waals surface area (Å²) in [6, 6.07) is 6.44. The first-order chi connectivity index (χ1) is 8.85. The molecule has 0 bridgehead atoms. The van der Waals surface area contributed by atoms with Gasteiger partial charge in [-0.1, -0.05) is 6.07 Å². The first kappa shape index (κ1) is 13.2. The summed E-state index contributed by atoms with van der Waals surface area (Å²) < 4.78 is 11.2. The van der Waals surface area contributed by atoms with Crippen LogP contribution in [0.25, 0.3) is 0 Å². The van der Waals surface area contributed by atoms with Crippen molar-refractivity contribution in [1.29, 1.82) is 0 Å². The summed E-state index contributed by atoms with van der Waals surface area (Å²) in [5, 5.41) is 3.16. The Morgan fingerprint density at radius 3 is 2.78 bits per heavy atom. The second-order valence-corrected chi connectivity index (χ2v) is 4.36. The first-order valence-corrected chi connectivity index (χ1v) is 6.58. The summed E-state index contributed by atoms with van der Waals surface area (Å²) in [6.45, 7) is 7.04. The number of nitrogens with one attached hydrogen (secondary N) is 1. The highest BCUT2D eigenvalue weighted by atomic mass is 16.5. The molecule has 1 N–H and O–H groups in total. The topological polar surface area (TPSA) is 33.7 Å². The zero-order valence-electron chi connectivity index (χ0n) is 11.2. The van der Waals surface area contributed by atoms with Crippen molar-refractivity contribution in [2.24, 2.45) is 0 Å². The zero-order valence-corrected chi connectivity index (χ0v) is 11.2. The molecule has 1 aliphatic heterocycles. The number of nitrogens with zero attached hydrogens (tertiary/aromatic N) is 1. The summed E-state index contributed by atoms with van der Waals surface area (Å²) in [6.07, 6.45) is 0. The fourth-order valence-electron chi connectivity index (χ4n) is 2.21. The van der Waals surface area contributed by atoms with Crippen LogP contribution >= 0.6 is 0 Å². The van der Waals surface area contributed by atoms with Crippen LogP contribution in [0.4, 0.5) is 5.69 Å². The molecule has 0 aliphatic carbocycles. The number of rotatable bonds is 5. The Kier molecular flexibility index (Phi) is 4.84. The van der Waals surface area contributed by atoms with Crippen molar-refractivity contribution in [1.82, 2.24) is 5.32 Å². The van der Waals surface area contributed by atoms with E-state index < -0.39 is 0 Å². The van der Waals surface area contributed by atoms with E-state index in [1.165, 1.54) is 11.3 Å². The second kappa shape index (κ2) is 6.61. The second-order valence-electron chi connectivity index (χ2n) is 4.36. The number of hydrogen-bond donors (Lipinski definition) is 1.